The van der Waals surface area contributed by atoms with Crippen LogP contribution >= 0.6 is 0 Å². The highest BCUT2D eigenvalue weighted by molar-refractivity contribution is 5.43. The van der Waals surface area contributed by atoms with Gasteiger partial charge < -0.3 is 15.4 Å². The van der Waals surface area contributed by atoms with Crippen LogP contribution in [0.15, 0.2) is 24.3 Å². The molecule has 1 rings (SSSR count). The van der Waals surface area contributed by atoms with Gasteiger partial charge in [-0.05, 0) is 31.0 Å². The van der Waals surface area contributed by atoms with Crippen molar-refractivity contribution in [3.05, 3.63) is 24.3 Å². The van der Waals surface area contributed by atoms with E-state index in [9.17, 15) is 0 Å². The van der Waals surface area contributed by atoms with Crippen molar-refractivity contribution in [2.45, 2.75) is 27.2 Å². The Labute approximate surface area is 111 Å². The van der Waals surface area contributed by atoms with Crippen LogP contribution in [-0.2, 0) is 0 Å². The zero-order chi connectivity index (χ0) is 13.6. The van der Waals surface area contributed by atoms with Gasteiger partial charge in [-0.2, -0.15) is 0 Å². The summed E-state index contributed by atoms with van der Waals surface area (Å²) in [6.07, 6.45) is 1.03. The summed E-state index contributed by atoms with van der Waals surface area (Å²) >= 11 is 0. The molecule has 3 heteroatoms. The summed E-state index contributed by atoms with van der Waals surface area (Å²) in [5.41, 5.74) is 6.79. The molecule has 0 atom stereocenters. The molecular weight excluding hydrogens is 224 g/mol. The van der Waals surface area contributed by atoms with Crippen LogP contribution in [0.4, 0.5) is 5.69 Å². The van der Waals surface area contributed by atoms with Gasteiger partial charge in [-0.1, -0.05) is 26.8 Å². The maximum atomic E-state index is 5.69. The van der Waals surface area contributed by atoms with Gasteiger partial charge in [0.25, 0.3) is 0 Å². The molecule has 0 fully saturated rings. The molecule has 1 aromatic rings. The Kier molecular flexibility index (Phi) is 5.48. The molecule has 1 aromatic carbocycles. The fourth-order valence-corrected chi connectivity index (χ4v) is 2.02. The largest absolute Gasteiger partial charge is 0.493 e. The van der Waals surface area contributed by atoms with E-state index in [1.165, 1.54) is 0 Å². The zero-order valence-corrected chi connectivity index (χ0v) is 12.1. The standard InChI is InChI=1S/C15H26N2O/c1-15(2,3)12-17(4)9-6-10-18-14-8-5-7-13(16)11-14/h5,7-8,11H,6,9-10,12,16H2,1-4H3. The number of nitrogen functional groups attached to an aromatic ring is 1. The van der Waals surface area contributed by atoms with Crippen LogP contribution in [0.2, 0.25) is 0 Å². The first-order valence-corrected chi connectivity index (χ1v) is 6.54. The quantitative estimate of drug-likeness (QED) is 0.623. The van der Waals surface area contributed by atoms with Crippen molar-refractivity contribution in [3.63, 3.8) is 0 Å². The third kappa shape index (κ3) is 6.50. The topological polar surface area (TPSA) is 38.5 Å². The summed E-state index contributed by atoms with van der Waals surface area (Å²) < 4.78 is 5.66. The summed E-state index contributed by atoms with van der Waals surface area (Å²) in [6.45, 7) is 9.66. The first kappa shape index (κ1) is 14.8. The number of benzene rings is 1. The van der Waals surface area contributed by atoms with Crippen LogP contribution in [0.3, 0.4) is 0 Å². The molecule has 3 nitrogen and oxygen atoms in total. The molecule has 0 aliphatic heterocycles. The van der Waals surface area contributed by atoms with Crippen molar-refractivity contribution in [2.24, 2.45) is 5.41 Å². The second kappa shape index (κ2) is 6.64. The second-order valence-electron chi connectivity index (χ2n) is 6.07. The van der Waals surface area contributed by atoms with E-state index in [1.807, 2.05) is 24.3 Å². The molecule has 0 aromatic heterocycles. The van der Waals surface area contributed by atoms with Crippen LogP contribution in [0.1, 0.15) is 27.2 Å². The number of ether oxygens (including phenoxy) is 1. The Bertz CT molecular complexity index is 358. The van der Waals surface area contributed by atoms with Crippen LogP contribution in [0.25, 0.3) is 0 Å². The van der Waals surface area contributed by atoms with Gasteiger partial charge in [0.2, 0.25) is 0 Å². The molecule has 0 bridgehead atoms. The number of rotatable bonds is 6. The maximum absolute atomic E-state index is 5.69. The predicted octanol–water partition coefficient (Wildman–Crippen LogP) is 3.02. The average molecular weight is 250 g/mol. The molecule has 2 N–H and O–H groups in total. The van der Waals surface area contributed by atoms with Crippen molar-refractivity contribution in [1.29, 1.82) is 0 Å². The van der Waals surface area contributed by atoms with Crippen LogP contribution in [0.5, 0.6) is 5.75 Å². The lowest BCUT2D eigenvalue weighted by Gasteiger charge is -2.26. The maximum Gasteiger partial charge on any atom is 0.121 e. The Morgan fingerprint density at radius 3 is 2.61 bits per heavy atom. The van der Waals surface area contributed by atoms with E-state index in [4.69, 9.17) is 10.5 Å². The highest BCUT2D eigenvalue weighted by Gasteiger charge is 2.12. The Morgan fingerprint density at radius 2 is 2.00 bits per heavy atom. The van der Waals surface area contributed by atoms with Gasteiger partial charge in [-0.3, -0.25) is 0 Å². The summed E-state index contributed by atoms with van der Waals surface area (Å²) in [5.74, 6) is 0.855. The van der Waals surface area contributed by atoms with E-state index >= 15 is 0 Å². The van der Waals surface area contributed by atoms with Gasteiger partial charge in [0.15, 0.2) is 0 Å². The predicted molar refractivity (Wildman–Crippen MR) is 77.9 cm³/mol. The molecule has 0 heterocycles. The molecule has 0 spiro atoms. The minimum Gasteiger partial charge on any atom is -0.493 e. The molecule has 0 unspecified atom stereocenters. The molecule has 0 aliphatic carbocycles. The van der Waals surface area contributed by atoms with E-state index in [1.54, 1.807) is 0 Å². The molecule has 102 valence electrons. The van der Waals surface area contributed by atoms with E-state index in [0.717, 1.165) is 37.6 Å². The normalized spacial score (nSPS) is 11.8. The van der Waals surface area contributed by atoms with E-state index in [0.29, 0.717) is 5.41 Å². The molecule has 0 saturated heterocycles. The zero-order valence-electron chi connectivity index (χ0n) is 12.1. The lowest BCUT2D eigenvalue weighted by molar-refractivity contribution is 0.207. The fraction of sp³-hybridized carbons (Fsp3) is 0.600. The molecule has 0 saturated carbocycles. The average Bonchev–Trinajstić information content (AvgIpc) is 2.22. The fourth-order valence-electron chi connectivity index (χ4n) is 2.02. The summed E-state index contributed by atoms with van der Waals surface area (Å²) in [7, 11) is 2.16. The Morgan fingerprint density at radius 1 is 1.28 bits per heavy atom. The number of nitrogens with two attached hydrogens (primary N) is 1. The van der Waals surface area contributed by atoms with Crippen molar-refractivity contribution in [2.75, 3.05) is 32.5 Å². The number of hydrogen-bond acceptors (Lipinski definition) is 3. The second-order valence-corrected chi connectivity index (χ2v) is 6.07. The molecule has 0 radical (unpaired) electrons. The molecular formula is C15H26N2O. The Balaban J connectivity index is 2.19. The molecule has 18 heavy (non-hydrogen) atoms. The minimum absolute atomic E-state index is 0.351. The van der Waals surface area contributed by atoms with Gasteiger partial charge in [0.05, 0.1) is 6.61 Å². The monoisotopic (exact) mass is 250 g/mol. The smallest absolute Gasteiger partial charge is 0.121 e. The van der Waals surface area contributed by atoms with Gasteiger partial charge >= 0.3 is 0 Å². The van der Waals surface area contributed by atoms with Gasteiger partial charge in [0, 0.05) is 24.8 Å². The number of nitrogens with zero attached hydrogens (tertiary/aromatic N) is 1. The highest BCUT2D eigenvalue weighted by Crippen LogP contribution is 2.15. The van der Waals surface area contributed by atoms with Crippen molar-refractivity contribution in [1.82, 2.24) is 4.90 Å². The number of hydrogen-bond donors (Lipinski definition) is 1. The summed E-state index contributed by atoms with van der Waals surface area (Å²) in [6, 6.07) is 7.58. The minimum atomic E-state index is 0.351. The third-order valence-corrected chi connectivity index (χ3v) is 2.56. The molecule has 0 amide bonds. The van der Waals surface area contributed by atoms with Gasteiger partial charge in [-0.15, -0.1) is 0 Å². The van der Waals surface area contributed by atoms with Crippen LogP contribution in [-0.4, -0.2) is 31.6 Å². The van der Waals surface area contributed by atoms with Crippen LogP contribution in [0, 0.1) is 5.41 Å². The third-order valence-electron chi connectivity index (χ3n) is 2.56. The van der Waals surface area contributed by atoms with E-state index in [-0.39, 0.29) is 0 Å². The van der Waals surface area contributed by atoms with Gasteiger partial charge in [-0.25, -0.2) is 0 Å². The van der Waals surface area contributed by atoms with Crippen LogP contribution < -0.4 is 10.5 Å². The molecule has 0 aliphatic rings. The van der Waals surface area contributed by atoms with Crippen molar-refractivity contribution < 1.29 is 4.74 Å². The first-order chi connectivity index (χ1) is 8.37. The lowest BCUT2D eigenvalue weighted by Crippen LogP contribution is -2.30. The first-order valence-electron chi connectivity index (χ1n) is 6.54. The van der Waals surface area contributed by atoms with E-state index in [2.05, 4.69) is 32.7 Å². The lowest BCUT2D eigenvalue weighted by atomic mass is 9.96. The Hall–Kier alpha value is -1.22. The summed E-state index contributed by atoms with van der Waals surface area (Å²) in [5, 5.41) is 0. The number of anilines is 1. The van der Waals surface area contributed by atoms with Gasteiger partial charge in [0.1, 0.15) is 5.75 Å². The van der Waals surface area contributed by atoms with E-state index < -0.39 is 0 Å². The SMILES string of the molecule is CN(CCCOc1cccc(N)c1)CC(C)(C)C. The van der Waals surface area contributed by atoms with Crippen molar-refractivity contribution in [3.8, 4) is 5.75 Å². The summed E-state index contributed by atoms with van der Waals surface area (Å²) in [4.78, 5) is 2.35. The van der Waals surface area contributed by atoms with Crippen molar-refractivity contribution >= 4 is 5.69 Å². The highest BCUT2D eigenvalue weighted by atomic mass is 16.5.